The van der Waals surface area contributed by atoms with E-state index in [2.05, 4.69) is 44.7 Å². The first-order chi connectivity index (χ1) is 21.7. The topological polar surface area (TPSA) is 17.8 Å². The molecule has 2 heteroatoms. The lowest BCUT2D eigenvalue weighted by atomic mass is 9.92. The summed E-state index contributed by atoms with van der Waals surface area (Å²) >= 11 is 0. The van der Waals surface area contributed by atoms with Gasteiger partial charge >= 0.3 is 0 Å². The number of aromatic nitrogens is 2. The highest BCUT2D eigenvalue weighted by molar-refractivity contribution is 5.02. The summed E-state index contributed by atoms with van der Waals surface area (Å²) in [4.78, 5) is 5.01. The SMILES string of the molecule is CCCCCCCCCCCCCCCCCC(CCCCCCCCC)c1nccn1C(C)CCCCCCCCCC. The van der Waals surface area contributed by atoms with Crippen LogP contribution in [0.1, 0.15) is 257 Å². The van der Waals surface area contributed by atoms with Gasteiger partial charge in [0.15, 0.2) is 0 Å². The number of unbranched alkanes of at least 4 members (excludes halogenated alkanes) is 27. The minimum atomic E-state index is 0.588. The van der Waals surface area contributed by atoms with E-state index in [4.69, 9.17) is 4.98 Å². The molecule has 2 atom stereocenters. The summed E-state index contributed by atoms with van der Waals surface area (Å²) in [5.41, 5.74) is 0. The largest absolute Gasteiger partial charge is 0.332 e. The Labute approximate surface area is 278 Å². The summed E-state index contributed by atoms with van der Waals surface area (Å²) in [5, 5.41) is 0. The highest BCUT2D eigenvalue weighted by Gasteiger charge is 2.19. The quantitative estimate of drug-likeness (QED) is 0.0695. The van der Waals surface area contributed by atoms with Gasteiger partial charge in [0.1, 0.15) is 5.82 Å². The fraction of sp³-hybridized carbons (Fsp3) is 0.929. The van der Waals surface area contributed by atoms with Gasteiger partial charge in [-0.2, -0.15) is 0 Å². The van der Waals surface area contributed by atoms with Crippen molar-refractivity contribution in [2.45, 2.75) is 252 Å². The van der Waals surface area contributed by atoms with Crippen molar-refractivity contribution in [1.82, 2.24) is 9.55 Å². The van der Waals surface area contributed by atoms with Crippen molar-refractivity contribution >= 4 is 0 Å². The van der Waals surface area contributed by atoms with Gasteiger partial charge in [0.05, 0.1) is 0 Å². The summed E-state index contributed by atoms with van der Waals surface area (Å²) in [7, 11) is 0. The van der Waals surface area contributed by atoms with Crippen LogP contribution in [0.25, 0.3) is 0 Å². The monoisotopic (exact) mass is 615 g/mol. The molecule has 2 nitrogen and oxygen atoms in total. The third kappa shape index (κ3) is 23.5. The number of nitrogens with zero attached hydrogens (tertiary/aromatic N) is 2. The van der Waals surface area contributed by atoms with Crippen LogP contribution in [0.5, 0.6) is 0 Å². The number of hydrogen-bond donors (Lipinski definition) is 0. The van der Waals surface area contributed by atoms with E-state index in [9.17, 15) is 0 Å². The molecule has 0 aliphatic carbocycles. The van der Waals surface area contributed by atoms with Crippen molar-refractivity contribution in [3.05, 3.63) is 18.2 Å². The van der Waals surface area contributed by atoms with Crippen molar-refractivity contribution in [3.63, 3.8) is 0 Å². The molecule has 0 N–H and O–H groups in total. The van der Waals surface area contributed by atoms with Gasteiger partial charge in [0.25, 0.3) is 0 Å². The summed E-state index contributed by atoms with van der Waals surface area (Å²) in [5.74, 6) is 2.07. The molecular weight excluding hydrogens is 532 g/mol. The van der Waals surface area contributed by atoms with Crippen LogP contribution in [-0.4, -0.2) is 9.55 Å². The highest BCUT2D eigenvalue weighted by atomic mass is 15.1. The Hall–Kier alpha value is -0.790. The van der Waals surface area contributed by atoms with Crippen LogP contribution in [0.15, 0.2) is 12.4 Å². The molecule has 1 heterocycles. The van der Waals surface area contributed by atoms with E-state index in [1.807, 2.05) is 0 Å². The summed E-state index contributed by atoms with van der Waals surface area (Å²) in [6, 6.07) is 0.588. The lowest BCUT2D eigenvalue weighted by Gasteiger charge is -2.22. The molecule has 0 aliphatic heterocycles. The molecule has 0 saturated heterocycles. The molecule has 1 rings (SSSR count). The molecule has 260 valence electrons. The average Bonchev–Trinajstić information content (AvgIpc) is 3.52. The van der Waals surface area contributed by atoms with Crippen LogP contribution in [0.2, 0.25) is 0 Å². The van der Waals surface area contributed by atoms with Crippen molar-refractivity contribution in [2.24, 2.45) is 0 Å². The van der Waals surface area contributed by atoms with Crippen molar-refractivity contribution in [1.29, 1.82) is 0 Å². The van der Waals surface area contributed by atoms with Gasteiger partial charge in [-0.3, -0.25) is 0 Å². The van der Waals surface area contributed by atoms with Gasteiger partial charge in [-0.1, -0.05) is 213 Å². The first-order valence-corrected chi connectivity index (χ1v) is 20.8. The Morgan fingerprint density at radius 1 is 0.432 bits per heavy atom. The van der Waals surface area contributed by atoms with Crippen LogP contribution in [0.3, 0.4) is 0 Å². The van der Waals surface area contributed by atoms with Gasteiger partial charge in [0, 0.05) is 24.4 Å². The Morgan fingerprint density at radius 2 is 0.727 bits per heavy atom. The van der Waals surface area contributed by atoms with Gasteiger partial charge in [-0.05, 0) is 26.2 Å². The molecule has 0 spiro atoms. The van der Waals surface area contributed by atoms with E-state index in [0.29, 0.717) is 12.0 Å². The second kappa shape index (κ2) is 32.2. The zero-order chi connectivity index (χ0) is 31.8. The standard InChI is InChI=1S/C42H82N2/c1-5-8-11-14-17-19-20-21-22-23-24-25-28-31-34-37-41(36-33-30-26-16-13-10-7-3)42-43-38-39-44(42)40(4)35-32-29-27-18-15-12-9-6-2/h38-41H,5-37H2,1-4H3. The van der Waals surface area contributed by atoms with Crippen molar-refractivity contribution < 1.29 is 0 Å². The fourth-order valence-corrected chi connectivity index (χ4v) is 7.24. The van der Waals surface area contributed by atoms with E-state index in [-0.39, 0.29) is 0 Å². The molecule has 0 aromatic carbocycles. The first kappa shape index (κ1) is 41.2. The molecule has 44 heavy (non-hydrogen) atoms. The van der Waals surface area contributed by atoms with E-state index >= 15 is 0 Å². The Balaban J connectivity index is 2.35. The van der Waals surface area contributed by atoms with E-state index in [0.717, 1.165) is 0 Å². The van der Waals surface area contributed by atoms with Gasteiger partial charge < -0.3 is 4.57 Å². The maximum absolute atomic E-state index is 5.01. The molecule has 0 aliphatic rings. The predicted octanol–water partition coefficient (Wildman–Crippen LogP) is 15.5. The van der Waals surface area contributed by atoms with Crippen LogP contribution in [0.4, 0.5) is 0 Å². The van der Waals surface area contributed by atoms with Crippen molar-refractivity contribution in [3.8, 4) is 0 Å². The van der Waals surface area contributed by atoms with E-state index in [1.54, 1.807) is 0 Å². The van der Waals surface area contributed by atoms with Crippen molar-refractivity contribution in [2.75, 3.05) is 0 Å². The molecule has 0 amide bonds. The fourth-order valence-electron chi connectivity index (χ4n) is 7.24. The lowest BCUT2D eigenvalue weighted by molar-refractivity contribution is 0.412. The maximum atomic E-state index is 5.01. The highest BCUT2D eigenvalue weighted by Crippen LogP contribution is 2.31. The predicted molar refractivity (Wildman–Crippen MR) is 199 cm³/mol. The average molecular weight is 615 g/mol. The molecule has 0 fully saturated rings. The van der Waals surface area contributed by atoms with Gasteiger partial charge in [-0.25, -0.2) is 4.98 Å². The summed E-state index contributed by atoms with van der Waals surface area (Å²) in [6.07, 6.45) is 51.2. The Kier molecular flexibility index (Phi) is 30.1. The van der Waals surface area contributed by atoms with E-state index < -0.39 is 0 Å². The molecule has 1 aromatic rings. The molecule has 1 aromatic heterocycles. The number of rotatable bonds is 35. The molecule has 0 bridgehead atoms. The minimum Gasteiger partial charge on any atom is -0.332 e. The first-order valence-electron chi connectivity index (χ1n) is 20.8. The second-order valence-electron chi connectivity index (χ2n) is 14.7. The molecule has 0 saturated carbocycles. The molecule has 0 radical (unpaired) electrons. The van der Waals surface area contributed by atoms with Crippen LogP contribution < -0.4 is 0 Å². The van der Waals surface area contributed by atoms with Gasteiger partial charge in [0.2, 0.25) is 0 Å². The van der Waals surface area contributed by atoms with E-state index in [1.165, 1.54) is 218 Å². The zero-order valence-corrected chi connectivity index (χ0v) is 31.0. The summed E-state index contributed by atoms with van der Waals surface area (Å²) in [6.45, 7) is 9.39. The lowest BCUT2D eigenvalue weighted by Crippen LogP contribution is -2.13. The number of imidazole rings is 1. The number of hydrogen-bond acceptors (Lipinski definition) is 1. The Bertz CT molecular complexity index is 679. The minimum absolute atomic E-state index is 0.588. The summed E-state index contributed by atoms with van der Waals surface area (Å²) < 4.78 is 2.58. The third-order valence-corrected chi connectivity index (χ3v) is 10.3. The third-order valence-electron chi connectivity index (χ3n) is 10.3. The normalized spacial score (nSPS) is 13.1. The Morgan fingerprint density at radius 3 is 1.07 bits per heavy atom. The smallest absolute Gasteiger partial charge is 0.111 e. The maximum Gasteiger partial charge on any atom is 0.111 e. The van der Waals surface area contributed by atoms with Gasteiger partial charge in [-0.15, -0.1) is 0 Å². The molecule has 2 unspecified atom stereocenters. The van der Waals surface area contributed by atoms with Crippen LogP contribution in [0, 0.1) is 0 Å². The van der Waals surface area contributed by atoms with Crippen LogP contribution in [-0.2, 0) is 0 Å². The zero-order valence-electron chi connectivity index (χ0n) is 31.0. The second-order valence-corrected chi connectivity index (χ2v) is 14.7. The molecular formula is C42H82N2. The van der Waals surface area contributed by atoms with Crippen LogP contribution >= 0.6 is 0 Å².